The Morgan fingerprint density at radius 2 is 2.00 bits per heavy atom. The van der Waals surface area contributed by atoms with Crippen LogP contribution in [0.3, 0.4) is 0 Å². The molecular formula is C22H23N3O3S. The van der Waals surface area contributed by atoms with Crippen LogP contribution in [0.2, 0.25) is 0 Å². The predicted octanol–water partition coefficient (Wildman–Crippen LogP) is 3.76. The molecule has 0 atom stereocenters. The zero-order valence-electron chi connectivity index (χ0n) is 16.0. The van der Waals surface area contributed by atoms with Crippen LogP contribution in [0.5, 0.6) is 0 Å². The largest absolute Gasteiger partial charge is 0.359 e. The minimum atomic E-state index is -0.229. The molecule has 2 heterocycles. The first-order valence-electron chi connectivity index (χ1n) is 9.79. The Morgan fingerprint density at radius 3 is 2.72 bits per heavy atom. The van der Waals surface area contributed by atoms with Crippen molar-refractivity contribution < 1.29 is 14.1 Å². The van der Waals surface area contributed by atoms with Crippen LogP contribution in [0.25, 0.3) is 0 Å². The lowest BCUT2D eigenvalue weighted by molar-refractivity contribution is 0.0734. The molecule has 4 rings (SSSR count). The summed E-state index contributed by atoms with van der Waals surface area (Å²) in [4.78, 5) is 27.6. The molecule has 0 aliphatic heterocycles. The van der Waals surface area contributed by atoms with Crippen molar-refractivity contribution in [2.45, 2.75) is 25.8 Å². The topological polar surface area (TPSA) is 75.4 Å². The summed E-state index contributed by atoms with van der Waals surface area (Å²) in [5.74, 6) is 0.821. The Hall–Kier alpha value is -2.93. The van der Waals surface area contributed by atoms with E-state index < -0.39 is 0 Å². The maximum Gasteiger partial charge on any atom is 0.273 e. The van der Waals surface area contributed by atoms with E-state index in [4.69, 9.17) is 4.52 Å². The summed E-state index contributed by atoms with van der Waals surface area (Å²) in [6.45, 7) is 1.50. The summed E-state index contributed by atoms with van der Waals surface area (Å²) in [6.07, 6.45) is 3.08. The first-order chi connectivity index (χ1) is 14.2. The highest BCUT2D eigenvalue weighted by Crippen LogP contribution is 2.27. The van der Waals surface area contributed by atoms with Crippen LogP contribution < -0.4 is 5.32 Å². The summed E-state index contributed by atoms with van der Waals surface area (Å²) >= 11 is 1.42. The average molecular weight is 410 g/mol. The van der Waals surface area contributed by atoms with Gasteiger partial charge in [-0.05, 0) is 42.2 Å². The van der Waals surface area contributed by atoms with Gasteiger partial charge < -0.3 is 14.7 Å². The lowest BCUT2D eigenvalue weighted by atomic mass is 10.1. The van der Waals surface area contributed by atoms with E-state index in [2.05, 4.69) is 10.5 Å². The summed E-state index contributed by atoms with van der Waals surface area (Å²) in [7, 11) is 0. The van der Waals surface area contributed by atoms with Crippen LogP contribution in [0.15, 0.2) is 58.4 Å². The van der Waals surface area contributed by atoms with Crippen LogP contribution in [-0.4, -0.2) is 35.0 Å². The van der Waals surface area contributed by atoms with Crippen molar-refractivity contribution >= 4 is 23.2 Å². The summed E-state index contributed by atoms with van der Waals surface area (Å²) in [5.41, 5.74) is 1.42. The van der Waals surface area contributed by atoms with Crippen molar-refractivity contribution in [1.82, 2.24) is 15.4 Å². The van der Waals surface area contributed by atoms with Gasteiger partial charge in [-0.2, -0.15) is 0 Å². The van der Waals surface area contributed by atoms with E-state index in [1.165, 1.54) is 24.2 Å². The van der Waals surface area contributed by atoms with E-state index in [0.29, 0.717) is 29.6 Å². The number of hydrogen-bond acceptors (Lipinski definition) is 5. The zero-order valence-corrected chi connectivity index (χ0v) is 16.9. The highest BCUT2D eigenvalue weighted by Gasteiger charge is 2.24. The van der Waals surface area contributed by atoms with E-state index in [1.54, 1.807) is 11.0 Å². The highest BCUT2D eigenvalue weighted by atomic mass is 32.1. The maximum absolute atomic E-state index is 13.0. The molecule has 0 unspecified atom stereocenters. The highest BCUT2D eigenvalue weighted by molar-refractivity contribution is 7.12. The molecule has 1 N–H and O–H groups in total. The van der Waals surface area contributed by atoms with Gasteiger partial charge in [0.25, 0.3) is 11.8 Å². The van der Waals surface area contributed by atoms with Crippen molar-refractivity contribution in [3.63, 3.8) is 0 Å². The molecule has 1 saturated carbocycles. The number of rotatable bonds is 9. The molecule has 1 aromatic carbocycles. The normalized spacial score (nSPS) is 13.2. The molecule has 2 amide bonds. The Morgan fingerprint density at radius 1 is 1.17 bits per heavy atom. The van der Waals surface area contributed by atoms with Crippen molar-refractivity contribution in [3.05, 3.63) is 75.8 Å². The molecule has 1 aliphatic carbocycles. The second-order valence-corrected chi connectivity index (χ2v) is 8.22. The Bertz CT molecular complexity index is 949. The molecule has 1 aliphatic rings. The van der Waals surface area contributed by atoms with E-state index in [9.17, 15) is 9.59 Å². The van der Waals surface area contributed by atoms with E-state index in [1.807, 2.05) is 47.8 Å². The van der Waals surface area contributed by atoms with Gasteiger partial charge in [-0.1, -0.05) is 41.6 Å². The Kier molecular flexibility index (Phi) is 6.05. The second-order valence-electron chi connectivity index (χ2n) is 7.27. The van der Waals surface area contributed by atoms with Gasteiger partial charge in [0, 0.05) is 19.2 Å². The van der Waals surface area contributed by atoms with Crippen LogP contribution in [-0.2, 0) is 13.0 Å². The van der Waals surface area contributed by atoms with Crippen LogP contribution in [0.4, 0.5) is 0 Å². The molecule has 1 fully saturated rings. The average Bonchev–Trinajstić information content (AvgIpc) is 3.20. The number of carbonyl (C=O) groups is 2. The number of amides is 2. The monoisotopic (exact) mass is 409 g/mol. The van der Waals surface area contributed by atoms with Gasteiger partial charge in [-0.15, -0.1) is 11.3 Å². The molecule has 0 spiro atoms. The summed E-state index contributed by atoms with van der Waals surface area (Å²) in [5, 5.41) is 8.65. The van der Waals surface area contributed by atoms with Crippen LogP contribution in [0.1, 0.15) is 44.3 Å². The third-order valence-electron chi connectivity index (χ3n) is 4.92. The van der Waals surface area contributed by atoms with Crippen molar-refractivity contribution in [1.29, 1.82) is 0 Å². The van der Waals surface area contributed by atoms with Crippen molar-refractivity contribution in [2.75, 3.05) is 13.1 Å². The van der Waals surface area contributed by atoms with Crippen LogP contribution >= 0.6 is 11.3 Å². The summed E-state index contributed by atoms with van der Waals surface area (Å²) in [6, 6.07) is 15.4. The van der Waals surface area contributed by atoms with Gasteiger partial charge in [0.2, 0.25) is 0 Å². The molecule has 0 radical (unpaired) electrons. The van der Waals surface area contributed by atoms with Gasteiger partial charge in [0.15, 0.2) is 11.5 Å². The van der Waals surface area contributed by atoms with Gasteiger partial charge in [-0.3, -0.25) is 9.59 Å². The minimum absolute atomic E-state index is 0.0490. The fourth-order valence-corrected chi connectivity index (χ4v) is 3.74. The van der Waals surface area contributed by atoms with Gasteiger partial charge in [0.05, 0.1) is 11.4 Å². The fourth-order valence-electron chi connectivity index (χ4n) is 3.05. The predicted molar refractivity (Wildman–Crippen MR) is 111 cm³/mol. The minimum Gasteiger partial charge on any atom is -0.359 e. The molecule has 2 aromatic heterocycles. The Labute approximate surface area is 173 Å². The molecular weight excluding hydrogens is 386 g/mol. The standard InChI is InChI=1S/C22H23N3O3S/c26-21(23-14-17-8-9-17)19-13-18(28-24-19)15-25(22(27)20-7-4-12-29-20)11-10-16-5-2-1-3-6-16/h1-7,12-13,17H,8-11,14-15H2,(H,23,26). The van der Waals surface area contributed by atoms with Crippen LogP contribution in [0, 0.1) is 5.92 Å². The third kappa shape index (κ3) is 5.32. The van der Waals surface area contributed by atoms with Crippen molar-refractivity contribution in [3.8, 4) is 0 Å². The van der Waals surface area contributed by atoms with Gasteiger partial charge in [0.1, 0.15) is 0 Å². The number of hydrogen-bond donors (Lipinski definition) is 1. The second kappa shape index (κ2) is 9.05. The lowest BCUT2D eigenvalue weighted by Gasteiger charge is -2.20. The number of nitrogens with zero attached hydrogens (tertiary/aromatic N) is 2. The SMILES string of the molecule is O=C(NCC1CC1)c1cc(CN(CCc2ccccc2)C(=O)c2cccs2)on1. The zero-order chi connectivity index (χ0) is 20.1. The molecule has 3 aromatic rings. The van der Waals surface area contributed by atoms with E-state index in [0.717, 1.165) is 12.0 Å². The van der Waals surface area contributed by atoms with E-state index in [-0.39, 0.29) is 24.1 Å². The van der Waals surface area contributed by atoms with Crippen molar-refractivity contribution in [2.24, 2.45) is 5.92 Å². The molecule has 150 valence electrons. The Balaban J connectivity index is 1.42. The fraction of sp³-hybridized carbons (Fsp3) is 0.318. The molecule has 0 bridgehead atoms. The number of nitrogens with one attached hydrogen (secondary N) is 1. The first-order valence-corrected chi connectivity index (χ1v) is 10.7. The number of aromatic nitrogens is 1. The van der Waals surface area contributed by atoms with Gasteiger partial charge >= 0.3 is 0 Å². The third-order valence-corrected chi connectivity index (χ3v) is 5.78. The molecule has 29 heavy (non-hydrogen) atoms. The number of thiophene rings is 1. The molecule has 7 heteroatoms. The quantitative estimate of drug-likeness (QED) is 0.584. The lowest BCUT2D eigenvalue weighted by Crippen LogP contribution is -2.32. The first kappa shape index (κ1) is 19.4. The molecule has 6 nitrogen and oxygen atoms in total. The van der Waals surface area contributed by atoms with Gasteiger partial charge in [-0.25, -0.2) is 0 Å². The van der Waals surface area contributed by atoms with E-state index >= 15 is 0 Å². The summed E-state index contributed by atoms with van der Waals surface area (Å²) < 4.78 is 5.36. The molecule has 0 saturated heterocycles. The maximum atomic E-state index is 13.0. The smallest absolute Gasteiger partial charge is 0.273 e. The number of benzene rings is 1. The number of carbonyl (C=O) groups excluding carboxylic acids is 2.